The molecule has 1 saturated heterocycles. The fourth-order valence-corrected chi connectivity index (χ4v) is 5.35. The molecule has 3 amide bonds. The summed E-state index contributed by atoms with van der Waals surface area (Å²) >= 11 is 1.58. The molecule has 3 aromatic carbocycles. The number of hydrogen-bond donors (Lipinski definition) is 2. The third-order valence-electron chi connectivity index (χ3n) is 6.29. The van der Waals surface area contributed by atoms with Crippen molar-refractivity contribution in [2.75, 3.05) is 12.4 Å². The molecule has 4 aromatic rings. The second-order valence-corrected chi connectivity index (χ2v) is 10.3. The molecule has 0 radical (unpaired) electrons. The summed E-state index contributed by atoms with van der Waals surface area (Å²) in [6, 6.07) is 27.6. The first-order valence-corrected chi connectivity index (χ1v) is 14.0. The molecular formula is C31H28N4O5S. The van der Waals surface area contributed by atoms with E-state index in [1.807, 2.05) is 47.4 Å². The summed E-state index contributed by atoms with van der Waals surface area (Å²) in [6.45, 7) is 0.724. The number of hydrogen-bond acceptors (Lipinski definition) is 7. The number of rotatable bonds is 11. The van der Waals surface area contributed by atoms with E-state index < -0.39 is 0 Å². The maximum atomic E-state index is 12.6. The average Bonchev–Trinajstić information content (AvgIpc) is 3.66. The van der Waals surface area contributed by atoms with Gasteiger partial charge in [0.25, 0.3) is 11.8 Å². The van der Waals surface area contributed by atoms with Crippen LogP contribution in [0.1, 0.15) is 38.2 Å². The minimum absolute atomic E-state index is 0.0964. The first-order valence-electron chi connectivity index (χ1n) is 13.0. The van der Waals surface area contributed by atoms with Crippen LogP contribution in [0.5, 0.6) is 5.75 Å². The Bertz CT molecular complexity index is 1490. The average molecular weight is 569 g/mol. The van der Waals surface area contributed by atoms with Gasteiger partial charge in [-0.2, -0.15) is 5.10 Å². The maximum absolute atomic E-state index is 12.6. The summed E-state index contributed by atoms with van der Waals surface area (Å²) in [6.07, 6.45) is 3.07. The van der Waals surface area contributed by atoms with E-state index in [-0.39, 0.29) is 29.7 Å². The molecule has 41 heavy (non-hydrogen) atoms. The molecule has 1 aromatic heterocycles. The molecule has 5 rings (SSSR count). The van der Waals surface area contributed by atoms with Crippen molar-refractivity contribution in [1.29, 1.82) is 0 Å². The largest absolute Gasteiger partial charge is 0.484 e. The molecule has 0 unspecified atom stereocenters. The Morgan fingerprint density at radius 1 is 1.00 bits per heavy atom. The highest BCUT2D eigenvalue weighted by atomic mass is 32.2. The Labute approximate surface area is 241 Å². The van der Waals surface area contributed by atoms with E-state index in [1.165, 1.54) is 6.21 Å². The molecule has 1 aliphatic rings. The predicted octanol–water partition coefficient (Wildman–Crippen LogP) is 4.51. The van der Waals surface area contributed by atoms with Crippen LogP contribution in [-0.2, 0) is 22.7 Å². The summed E-state index contributed by atoms with van der Waals surface area (Å²) in [5.74, 6) is 1.13. The van der Waals surface area contributed by atoms with E-state index in [2.05, 4.69) is 15.8 Å². The molecule has 2 N–H and O–H groups in total. The van der Waals surface area contributed by atoms with Crippen LogP contribution in [0, 0.1) is 0 Å². The van der Waals surface area contributed by atoms with Crippen LogP contribution in [0.2, 0.25) is 0 Å². The van der Waals surface area contributed by atoms with Crippen LogP contribution >= 0.6 is 11.8 Å². The number of hydrazone groups is 1. The van der Waals surface area contributed by atoms with Gasteiger partial charge in [-0.05, 0) is 65.2 Å². The van der Waals surface area contributed by atoms with Crippen LogP contribution < -0.4 is 15.5 Å². The number of carbonyl (C=O) groups excluding carboxylic acids is 3. The van der Waals surface area contributed by atoms with E-state index in [0.717, 1.165) is 16.7 Å². The number of nitrogens with one attached hydrogen (secondary N) is 2. The Morgan fingerprint density at radius 2 is 1.78 bits per heavy atom. The molecule has 0 aliphatic carbocycles. The highest BCUT2D eigenvalue weighted by Crippen LogP contribution is 2.39. The summed E-state index contributed by atoms with van der Waals surface area (Å²) in [5.41, 5.74) is 5.79. The highest BCUT2D eigenvalue weighted by Gasteiger charge is 2.32. The molecule has 2 heterocycles. The number of thioether (sulfide) groups is 1. The van der Waals surface area contributed by atoms with Gasteiger partial charge >= 0.3 is 0 Å². The van der Waals surface area contributed by atoms with Gasteiger partial charge in [-0.25, -0.2) is 5.43 Å². The van der Waals surface area contributed by atoms with Crippen molar-refractivity contribution in [2.24, 2.45) is 5.10 Å². The van der Waals surface area contributed by atoms with E-state index in [9.17, 15) is 14.4 Å². The second kappa shape index (κ2) is 13.5. The molecule has 1 fully saturated rings. The third-order valence-corrected chi connectivity index (χ3v) is 7.55. The summed E-state index contributed by atoms with van der Waals surface area (Å²) < 4.78 is 10.7. The summed E-state index contributed by atoms with van der Waals surface area (Å²) in [7, 11) is 0. The van der Waals surface area contributed by atoms with Crippen LogP contribution in [0.4, 0.5) is 0 Å². The molecule has 0 bridgehead atoms. The van der Waals surface area contributed by atoms with Gasteiger partial charge in [0, 0.05) is 12.1 Å². The van der Waals surface area contributed by atoms with Crippen molar-refractivity contribution in [2.45, 2.75) is 18.5 Å². The first kappa shape index (κ1) is 27.7. The zero-order valence-corrected chi connectivity index (χ0v) is 22.9. The molecule has 208 valence electrons. The van der Waals surface area contributed by atoms with Gasteiger partial charge in [-0.3, -0.25) is 14.4 Å². The topological polar surface area (TPSA) is 113 Å². The van der Waals surface area contributed by atoms with Crippen molar-refractivity contribution in [3.8, 4) is 5.75 Å². The van der Waals surface area contributed by atoms with E-state index in [4.69, 9.17) is 9.15 Å². The standard InChI is InChI=1S/C31H28N4O5S/c36-28(32-18-27-7-4-16-39-27)20-40-26-14-8-22(9-15-26)17-33-34-30(38)24-10-12-25(13-11-24)31-35(29(37)21-41-31)19-23-5-2-1-3-6-23/h1-17,31H,18-21H2,(H,32,36)(H,34,38)/b33-17-/t31-/m1/s1. The Kier molecular flexibility index (Phi) is 9.12. The minimum Gasteiger partial charge on any atom is -0.484 e. The van der Waals surface area contributed by atoms with Crippen molar-refractivity contribution in [3.63, 3.8) is 0 Å². The van der Waals surface area contributed by atoms with Gasteiger partial charge in [0.2, 0.25) is 5.91 Å². The molecule has 1 atom stereocenters. The van der Waals surface area contributed by atoms with Crippen molar-refractivity contribution in [3.05, 3.63) is 125 Å². The van der Waals surface area contributed by atoms with E-state index in [0.29, 0.717) is 35.9 Å². The van der Waals surface area contributed by atoms with Crippen LogP contribution in [0.3, 0.4) is 0 Å². The van der Waals surface area contributed by atoms with E-state index in [1.54, 1.807) is 66.6 Å². The number of benzene rings is 3. The summed E-state index contributed by atoms with van der Waals surface area (Å²) in [4.78, 5) is 38.9. The quantitative estimate of drug-likeness (QED) is 0.203. The number of nitrogens with zero attached hydrogens (tertiary/aromatic N) is 2. The fraction of sp³-hybridized carbons (Fsp3) is 0.161. The Hall–Kier alpha value is -4.83. The minimum atomic E-state index is -0.343. The van der Waals surface area contributed by atoms with Gasteiger partial charge in [0.15, 0.2) is 6.61 Å². The fourth-order valence-electron chi connectivity index (χ4n) is 4.16. The van der Waals surface area contributed by atoms with Gasteiger partial charge in [0.1, 0.15) is 16.9 Å². The molecular weight excluding hydrogens is 540 g/mol. The zero-order valence-electron chi connectivity index (χ0n) is 22.1. The first-order chi connectivity index (χ1) is 20.0. The summed E-state index contributed by atoms with van der Waals surface area (Å²) in [5, 5.41) is 6.66. The van der Waals surface area contributed by atoms with Crippen molar-refractivity contribution >= 4 is 35.7 Å². The Morgan fingerprint density at radius 3 is 2.51 bits per heavy atom. The number of carbonyl (C=O) groups is 3. The predicted molar refractivity (Wildman–Crippen MR) is 156 cm³/mol. The molecule has 1 aliphatic heterocycles. The smallest absolute Gasteiger partial charge is 0.271 e. The zero-order chi connectivity index (χ0) is 28.4. The molecule has 10 heteroatoms. The molecule has 9 nitrogen and oxygen atoms in total. The lowest BCUT2D eigenvalue weighted by molar-refractivity contribution is -0.128. The lowest BCUT2D eigenvalue weighted by Crippen LogP contribution is -2.28. The Balaban J connectivity index is 1.08. The number of amides is 3. The normalized spacial score (nSPS) is 14.8. The SMILES string of the molecule is O=C(COc1ccc(/C=N\NC(=O)c2ccc([C@H]3SCC(=O)N3Cc3ccccc3)cc2)cc1)NCc1ccco1. The number of furan rings is 1. The highest BCUT2D eigenvalue weighted by molar-refractivity contribution is 8.00. The van der Waals surface area contributed by atoms with Crippen LogP contribution in [0.15, 0.2) is 107 Å². The monoisotopic (exact) mass is 568 g/mol. The van der Waals surface area contributed by atoms with Gasteiger partial charge < -0.3 is 19.4 Å². The molecule has 0 spiro atoms. The van der Waals surface area contributed by atoms with E-state index >= 15 is 0 Å². The van der Waals surface area contributed by atoms with Gasteiger partial charge in [-0.15, -0.1) is 11.8 Å². The van der Waals surface area contributed by atoms with Crippen LogP contribution in [-0.4, -0.2) is 41.2 Å². The maximum Gasteiger partial charge on any atom is 0.271 e. The number of ether oxygens (including phenoxy) is 1. The van der Waals surface area contributed by atoms with Crippen molar-refractivity contribution in [1.82, 2.24) is 15.6 Å². The second-order valence-electron chi connectivity index (χ2n) is 9.21. The third kappa shape index (κ3) is 7.64. The van der Waals surface area contributed by atoms with Gasteiger partial charge in [-0.1, -0.05) is 42.5 Å². The lowest BCUT2D eigenvalue weighted by atomic mass is 10.1. The lowest BCUT2D eigenvalue weighted by Gasteiger charge is -2.24. The van der Waals surface area contributed by atoms with Gasteiger partial charge in [0.05, 0.1) is 24.8 Å². The van der Waals surface area contributed by atoms with Crippen LogP contribution in [0.25, 0.3) is 0 Å². The molecule has 0 saturated carbocycles. The van der Waals surface area contributed by atoms with Crippen molar-refractivity contribution < 1.29 is 23.5 Å².